The quantitative estimate of drug-likeness (QED) is 0.674. The Balaban J connectivity index is 1.34. The van der Waals surface area contributed by atoms with Gasteiger partial charge in [-0.05, 0) is 56.0 Å². The molecule has 1 saturated carbocycles. The van der Waals surface area contributed by atoms with Crippen LogP contribution < -0.4 is 10.0 Å². The predicted octanol–water partition coefficient (Wildman–Crippen LogP) is 3.08. The molecular formula is C24H28FN3O4S. The number of rotatable bonds is 6. The lowest BCUT2D eigenvalue weighted by atomic mass is 10.0. The van der Waals surface area contributed by atoms with Crippen molar-refractivity contribution in [3.8, 4) is 0 Å². The Kier molecular flexibility index (Phi) is 7.09. The van der Waals surface area contributed by atoms with Crippen molar-refractivity contribution in [1.29, 1.82) is 0 Å². The monoisotopic (exact) mass is 473 g/mol. The van der Waals surface area contributed by atoms with Crippen LogP contribution in [0.1, 0.15) is 59.2 Å². The molecule has 1 heterocycles. The number of sulfonamides is 1. The van der Waals surface area contributed by atoms with Crippen molar-refractivity contribution < 1.29 is 22.4 Å². The maximum atomic E-state index is 13.9. The molecular weight excluding hydrogens is 445 g/mol. The number of halogens is 1. The van der Waals surface area contributed by atoms with Gasteiger partial charge in [-0.2, -0.15) is 0 Å². The Morgan fingerprint density at radius 2 is 1.61 bits per heavy atom. The fourth-order valence-corrected chi connectivity index (χ4v) is 5.79. The van der Waals surface area contributed by atoms with E-state index < -0.39 is 15.8 Å². The van der Waals surface area contributed by atoms with E-state index in [0.29, 0.717) is 25.9 Å². The summed E-state index contributed by atoms with van der Waals surface area (Å²) in [5.41, 5.74) is 0.318. The van der Waals surface area contributed by atoms with E-state index in [1.54, 1.807) is 29.2 Å². The lowest BCUT2D eigenvalue weighted by Gasteiger charge is -2.32. The molecule has 2 amide bonds. The fraction of sp³-hybridized carbons (Fsp3) is 0.417. The first-order chi connectivity index (χ1) is 15.8. The summed E-state index contributed by atoms with van der Waals surface area (Å²) in [4.78, 5) is 27.0. The normalized spacial score (nSPS) is 17.8. The molecule has 0 atom stereocenters. The maximum Gasteiger partial charge on any atom is 0.256 e. The van der Waals surface area contributed by atoms with Crippen molar-refractivity contribution in [2.45, 2.75) is 55.5 Å². The number of nitrogens with one attached hydrogen (secondary N) is 2. The Bertz CT molecular complexity index is 1120. The van der Waals surface area contributed by atoms with Crippen molar-refractivity contribution in [3.63, 3.8) is 0 Å². The third-order valence-electron chi connectivity index (χ3n) is 6.31. The van der Waals surface area contributed by atoms with Gasteiger partial charge < -0.3 is 10.2 Å². The molecule has 0 bridgehead atoms. The molecule has 2 fully saturated rings. The van der Waals surface area contributed by atoms with Crippen LogP contribution in [-0.4, -0.2) is 50.3 Å². The van der Waals surface area contributed by atoms with Gasteiger partial charge in [0.15, 0.2) is 0 Å². The standard InChI is InChI=1S/C24H28FN3O4S/c25-22-11-4-3-10-21(22)24(30)28-14-12-18(13-15-28)26-23(29)17-6-5-9-20(16-17)33(31,32)27-19-7-1-2-8-19/h3-6,9-11,16,18-19,27H,1-2,7-8,12-15H2,(H,26,29). The highest BCUT2D eigenvalue weighted by molar-refractivity contribution is 7.89. The first kappa shape index (κ1) is 23.4. The van der Waals surface area contributed by atoms with Crippen LogP contribution in [0.3, 0.4) is 0 Å². The lowest BCUT2D eigenvalue weighted by molar-refractivity contribution is 0.0693. The largest absolute Gasteiger partial charge is 0.349 e. The summed E-state index contributed by atoms with van der Waals surface area (Å²) in [6.45, 7) is 0.801. The molecule has 0 radical (unpaired) electrons. The average molecular weight is 474 g/mol. The highest BCUT2D eigenvalue weighted by Gasteiger charge is 2.27. The van der Waals surface area contributed by atoms with E-state index >= 15 is 0 Å². The molecule has 9 heteroatoms. The van der Waals surface area contributed by atoms with Crippen LogP contribution in [0.5, 0.6) is 0 Å². The highest BCUT2D eigenvalue weighted by Crippen LogP contribution is 2.21. The second-order valence-corrected chi connectivity index (χ2v) is 10.4. The van der Waals surface area contributed by atoms with Crippen LogP contribution in [0, 0.1) is 5.82 Å². The highest BCUT2D eigenvalue weighted by atomic mass is 32.2. The topological polar surface area (TPSA) is 95.6 Å². The van der Waals surface area contributed by atoms with Gasteiger partial charge in [-0.25, -0.2) is 17.5 Å². The van der Waals surface area contributed by atoms with Crippen molar-refractivity contribution in [2.75, 3.05) is 13.1 Å². The molecule has 1 aliphatic carbocycles. The number of hydrogen-bond donors (Lipinski definition) is 2. The number of piperidine rings is 1. The second-order valence-electron chi connectivity index (χ2n) is 8.65. The third kappa shape index (κ3) is 5.59. The van der Waals surface area contributed by atoms with Gasteiger partial charge in [0, 0.05) is 30.7 Å². The Hall–Kier alpha value is -2.78. The minimum absolute atomic E-state index is 0.0456. The van der Waals surface area contributed by atoms with E-state index in [0.717, 1.165) is 25.7 Å². The molecule has 1 saturated heterocycles. The summed E-state index contributed by atoms with van der Waals surface area (Å²) in [5.74, 6) is -1.26. The Morgan fingerprint density at radius 3 is 2.30 bits per heavy atom. The fourth-order valence-electron chi connectivity index (χ4n) is 4.44. The molecule has 2 N–H and O–H groups in total. The van der Waals surface area contributed by atoms with Crippen molar-refractivity contribution in [1.82, 2.24) is 14.9 Å². The first-order valence-corrected chi connectivity index (χ1v) is 12.8. The summed E-state index contributed by atoms with van der Waals surface area (Å²) < 4.78 is 42.0. The zero-order chi connectivity index (χ0) is 23.4. The molecule has 1 aliphatic heterocycles. The number of benzene rings is 2. The van der Waals surface area contributed by atoms with E-state index in [9.17, 15) is 22.4 Å². The Morgan fingerprint density at radius 1 is 0.909 bits per heavy atom. The number of likely N-dealkylation sites (tertiary alicyclic amines) is 1. The number of carbonyl (C=O) groups is 2. The summed E-state index contributed by atoms with van der Waals surface area (Å²) in [6, 6.07) is 11.7. The average Bonchev–Trinajstić information content (AvgIpc) is 3.32. The number of nitrogens with zero attached hydrogens (tertiary/aromatic N) is 1. The SMILES string of the molecule is O=C(NC1CCN(C(=O)c2ccccc2F)CC1)c1cccc(S(=O)(=O)NC2CCCC2)c1. The van der Waals surface area contributed by atoms with Crippen molar-refractivity contribution in [3.05, 3.63) is 65.5 Å². The molecule has 33 heavy (non-hydrogen) atoms. The van der Waals surface area contributed by atoms with Crippen molar-refractivity contribution >= 4 is 21.8 Å². The predicted molar refractivity (Wildman–Crippen MR) is 122 cm³/mol. The number of amides is 2. The van der Waals surface area contributed by atoms with Gasteiger partial charge in [0.2, 0.25) is 10.0 Å². The number of carbonyl (C=O) groups excluding carboxylic acids is 2. The molecule has 7 nitrogen and oxygen atoms in total. The van der Waals surface area contributed by atoms with Crippen LogP contribution in [-0.2, 0) is 10.0 Å². The molecule has 2 aromatic carbocycles. The van der Waals surface area contributed by atoms with Crippen LogP contribution in [0.2, 0.25) is 0 Å². The molecule has 176 valence electrons. The molecule has 0 aromatic heterocycles. The summed E-state index contributed by atoms with van der Waals surface area (Å²) in [5, 5.41) is 2.93. The van der Waals surface area contributed by atoms with Gasteiger partial charge in [-0.1, -0.05) is 31.0 Å². The smallest absolute Gasteiger partial charge is 0.256 e. The molecule has 2 aliphatic rings. The maximum absolute atomic E-state index is 13.9. The lowest BCUT2D eigenvalue weighted by Crippen LogP contribution is -2.46. The van der Waals surface area contributed by atoms with E-state index in [-0.39, 0.29) is 39.9 Å². The van der Waals surface area contributed by atoms with Gasteiger partial charge in [-0.15, -0.1) is 0 Å². The summed E-state index contributed by atoms with van der Waals surface area (Å²) in [6.07, 6.45) is 4.76. The van der Waals surface area contributed by atoms with Gasteiger partial charge >= 0.3 is 0 Å². The van der Waals surface area contributed by atoms with Crippen LogP contribution in [0.25, 0.3) is 0 Å². The Labute approximate surface area is 193 Å². The van der Waals surface area contributed by atoms with E-state index in [4.69, 9.17) is 0 Å². The van der Waals surface area contributed by atoms with Gasteiger partial charge in [0.05, 0.1) is 10.5 Å². The second kappa shape index (κ2) is 10.0. The third-order valence-corrected chi connectivity index (χ3v) is 7.82. The van der Waals surface area contributed by atoms with Crippen molar-refractivity contribution in [2.24, 2.45) is 0 Å². The zero-order valence-electron chi connectivity index (χ0n) is 18.3. The van der Waals surface area contributed by atoms with Crippen LogP contribution in [0.4, 0.5) is 4.39 Å². The van der Waals surface area contributed by atoms with Gasteiger partial charge in [0.25, 0.3) is 11.8 Å². The van der Waals surface area contributed by atoms with Crippen LogP contribution in [0.15, 0.2) is 53.4 Å². The van der Waals surface area contributed by atoms with Gasteiger partial charge in [0.1, 0.15) is 5.82 Å². The van der Waals surface area contributed by atoms with Gasteiger partial charge in [-0.3, -0.25) is 9.59 Å². The van der Waals surface area contributed by atoms with E-state index in [2.05, 4.69) is 10.0 Å². The summed E-state index contributed by atoms with van der Waals surface area (Å²) in [7, 11) is -3.68. The minimum atomic E-state index is -3.68. The van der Waals surface area contributed by atoms with E-state index in [1.807, 2.05) is 0 Å². The summed E-state index contributed by atoms with van der Waals surface area (Å²) >= 11 is 0. The minimum Gasteiger partial charge on any atom is -0.349 e. The number of hydrogen-bond acceptors (Lipinski definition) is 4. The zero-order valence-corrected chi connectivity index (χ0v) is 19.1. The molecule has 0 spiro atoms. The molecule has 2 aromatic rings. The van der Waals surface area contributed by atoms with E-state index in [1.165, 1.54) is 24.3 Å². The molecule has 4 rings (SSSR count). The molecule has 0 unspecified atom stereocenters. The first-order valence-electron chi connectivity index (χ1n) is 11.3. The van der Waals surface area contributed by atoms with Crippen LogP contribution >= 0.6 is 0 Å².